The molecule has 23 heavy (non-hydrogen) atoms. The molecule has 0 bridgehead atoms. The molecule has 0 spiro atoms. The molecule has 4 nitrogen and oxygen atoms in total. The van der Waals surface area contributed by atoms with Gasteiger partial charge in [-0.2, -0.15) is 0 Å². The number of aromatic nitrogens is 1. The van der Waals surface area contributed by atoms with Crippen molar-refractivity contribution in [2.75, 3.05) is 6.61 Å². The molecule has 0 saturated heterocycles. The molecule has 2 aromatic rings. The largest absolute Gasteiger partial charge is 0.460 e. The van der Waals surface area contributed by atoms with Gasteiger partial charge in [0.25, 0.3) is 0 Å². The first-order chi connectivity index (χ1) is 11.1. The summed E-state index contributed by atoms with van der Waals surface area (Å²) in [6, 6.07) is 10.0. The van der Waals surface area contributed by atoms with Gasteiger partial charge in [0, 0.05) is 11.9 Å². The summed E-state index contributed by atoms with van der Waals surface area (Å²) in [6.45, 7) is 1.83. The Kier molecular flexibility index (Phi) is 5.97. The van der Waals surface area contributed by atoms with Gasteiger partial charge in [-0.05, 0) is 55.2 Å². The summed E-state index contributed by atoms with van der Waals surface area (Å²) in [7, 11) is 0. The maximum atomic E-state index is 12.9. The second-order valence-electron chi connectivity index (χ2n) is 5.10. The van der Waals surface area contributed by atoms with E-state index in [4.69, 9.17) is 0 Å². The van der Waals surface area contributed by atoms with E-state index in [0.29, 0.717) is 5.69 Å². The number of carbonyl (C=O) groups excluding carboxylic acids is 2. The molecule has 0 amide bonds. The smallest absolute Gasteiger partial charge is 0.375 e. The maximum absolute atomic E-state index is 12.9. The Balaban J connectivity index is 1.95. The van der Waals surface area contributed by atoms with Crippen molar-refractivity contribution in [3.8, 4) is 0 Å². The number of ether oxygens (including phenoxy) is 1. The van der Waals surface area contributed by atoms with E-state index in [1.807, 2.05) is 6.07 Å². The number of ketones is 1. The number of halogens is 1. The number of hydrogen-bond donors (Lipinski definition) is 0. The van der Waals surface area contributed by atoms with Gasteiger partial charge in [0.1, 0.15) is 5.82 Å². The van der Waals surface area contributed by atoms with Crippen molar-refractivity contribution in [1.82, 2.24) is 4.98 Å². The predicted octanol–water partition coefficient (Wildman–Crippen LogP) is 2.68. The van der Waals surface area contributed by atoms with Crippen LogP contribution in [0.4, 0.5) is 4.39 Å². The van der Waals surface area contributed by atoms with Crippen LogP contribution in [0.15, 0.2) is 42.6 Å². The first kappa shape index (κ1) is 16.8. The third-order valence-electron chi connectivity index (χ3n) is 3.34. The first-order valence-electron chi connectivity index (χ1n) is 7.46. The van der Waals surface area contributed by atoms with Crippen LogP contribution in [0.2, 0.25) is 0 Å². The minimum Gasteiger partial charge on any atom is -0.460 e. The van der Waals surface area contributed by atoms with Gasteiger partial charge in [-0.3, -0.25) is 9.78 Å². The first-order valence-corrected chi connectivity index (χ1v) is 7.46. The van der Waals surface area contributed by atoms with Gasteiger partial charge in [-0.15, -0.1) is 0 Å². The number of esters is 1. The van der Waals surface area contributed by atoms with E-state index in [0.717, 1.165) is 24.0 Å². The Morgan fingerprint density at radius 3 is 2.48 bits per heavy atom. The van der Waals surface area contributed by atoms with Crippen molar-refractivity contribution in [3.63, 3.8) is 0 Å². The topological polar surface area (TPSA) is 56.3 Å². The minimum absolute atomic E-state index is 0.0662. The van der Waals surface area contributed by atoms with Crippen LogP contribution in [0.25, 0.3) is 0 Å². The van der Waals surface area contributed by atoms with E-state index in [1.165, 1.54) is 12.1 Å². The van der Waals surface area contributed by atoms with E-state index in [2.05, 4.69) is 9.72 Å². The summed E-state index contributed by atoms with van der Waals surface area (Å²) in [4.78, 5) is 27.1. The second kappa shape index (κ2) is 8.17. The SMILES string of the molecule is CCOC(=O)C(=O)Cc1cc(CCc2ccc(F)cc2)ccn1. The zero-order valence-corrected chi connectivity index (χ0v) is 12.9. The van der Waals surface area contributed by atoms with Crippen molar-refractivity contribution in [2.45, 2.75) is 26.2 Å². The lowest BCUT2D eigenvalue weighted by molar-refractivity contribution is -0.153. The standard InChI is InChI=1S/C18H18FNO3/c1-2-23-18(22)17(21)12-16-11-14(9-10-20-16)4-3-13-5-7-15(19)8-6-13/h5-11H,2-4,12H2,1H3. The Morgan fingerprint density at radius 2 is 1.78 bits per heavy atom. The highest BCUT2D eigenvalue weighted by atomic mass is 19.1. The number of hydrogen-bond acceptors (Lipinski definition) is 4. The number of aryl methyl sites for hydroxylation is 2. The predicted molar refractivity (Wildman–Crippen MR) is 83.4 cm³/mol. The average Bonchev–Trinajstić information content (AvgIpc) is 2.55. The average molecular weight is 315 g/mol. The van der Waals surface area contributed by atoms with Crippen LogP contribution < -0.4 is 0 Å². The molecule has 0 aliphatic carbocycles. The molecule has 0 saturated carbocycles. The highest BCUT2D eigenvalue weighted by molar-refractivity contribution is 6.34. The highest BCUT2D eigenvalue weighted by Crippen LogP contribution is 2.10. The minimum atomic E-state index is -0.828. The third-order valence-corrected chi connectivity index (χ3v) is 3.34. The summed E-state index contributed by atoms with van der Waals surface area (Å²) < 4.78 is 17.5. The van der Waals surface area contributed by atoms with Crippen LogP contribution in [0.3, 0.4) is 0 Å². The van der Waals surface area contributed by atoms with Gasteiger partial charge in [-0.1, -0.05) is 12.1 Å². The molecular formula is C18H18FNO3. The van der Waals surface area contributed by atoms with Crippen molar-refractivity contribution >= 4 is 11.8 Å². The fourth-order valence-corrected chi connectivity index (χ4v) is 2.17. The van der Waals surface area contributed by atoms with Crippen molar-refractivity contribution < 1.29 is 18.7 Å². The number of Topliss-reactive ketones (excluding diaryl/α,β-unsaturated/α-hetero) is 1. The fraction of sp³-hybridized carbons (Fsp3) is 0.278. The number of nitrogens with zero attached hydrogens (tertiary/aromatic N) is 1. The second-order valence-corrected chi connectivity index (χ2v) is 5.10. The van der Waals surface area contributed by atoms with Crippen LogP contribution >= 0.6 is 0 Å². The van der Waals surface area contributed by atoms with Gasteiger partial charge >= 0.3 is 5.97 Å². The zero-order valence-electron chi connectivity index (χ0n) is 12.9. The van der Waals surface area contributed by atoms with Crippen LogP contribution in [0.1, 0.15) is 23.7 Å². The molecular weight excluding hydrogens is 297 g/mol. The molecule has 0 N–H and O–H groups in total. The van der Waals surface area contributed by atoms with E-state index in [1.54, 1.807) is 31.3 Å². The Labute approximate surface area is 134 Å². The molecule has 0 aliphatic heterocycles. The van der Waals surface area contributed by atoms with Gasteiger partial charge in [0.15, 0.2) is 0 Å². The molecule has 1 aromatic heterocycles. The number of carbonyl (C=O) groups is 2. The summed E-state index contributed by atoms with van der Waals surface area (Å²) in [6.07, 6.45) is 3.06. The lowest BCUT2D eigenvalue weighted by Gasteiger charge is -2.05. The molecule has 2 rings (SSSR count). The molecule has 0 radical (unpaired) electrons. The van der Waals surface area contributed by atoms with E-state index < -0.39 is 11.8 Å². The number of rotatable bonds is 7. The molecule has 0 fully saturated rings. The van der Waals surface area contributed by atoms with Crippen LogP contribution in [0.5, 0.6) is 0 Å². The van der Waals surface area contributed by atoms with Gasteiger partial charge in [-0.25, -0.2) is 9.18 Å². The summed E-state index contributed by atoms with van der Waals surface area (Å²) in [5.74, 6) is -1.68. The Bertz CT molecular complexity index is 683. The van der Waals surface area contributed by atoms with Crippen molar-refractivity contribution in [1.29, 1.82) is 0 Å². The Morgan fingerprint density at radius 1 is 1.09 bits per heavy atom. The highest BCUT2D eigenvalue weighted by Gasteiger charge is 2.16. The summed E-state index contributed by atoms with van der Waals surface area (Å²) in [5, 5.41) is 0. The van der Waals surface area contributed by atoms with Crippen molar-refractivity contribution in [3.05, 3.63) is 65.2 Å². The van der Waals surface area contributed by atoms with Crippen LogP contribution in [-0.4, -0.2) is 23.3 Å². The van der Waals surface area contributed by atoms with Crippen LogP contribution in [-0.2, 0) is 33.6 Å². The molecule has 1 aromatic carbocycles. The van der Waals surface area contributed by atoms with E-state index in [9.17, 15) is 14.0 Å². The number of benzene rings is 1. The molecule has 0 atom stereocenters. The van der Waals surface area contributed by atoms with Crippen LogP contribution in [0, 0.1) is 5.82 Å². The molecule has 1 heterocycles. The van der Waals surface area contributed by atoms with Gasteiger partial charge < -0.3 is 4.74 Å². The number of pyridine rings is 1. The maximum Gasteiger partial charge on any atom is 0.375 e. The normalized spacial score (nSPS) is 10.3. The molecule has 5 heteroatoms. The van der Waals surface area contributed by atoms with Gasteiger partial charge in [0.05, 0.1) is 13.0 Å². The zero-order chi connectivity index (χ0) is 16.7. The fourth-order valence-electron chi connectivity index (χ4n) is 2.17. The summed E-state index contributed by atoms with van der Waals surface area (Å²) >= 11 is 0. The lowest BCUT2D eigenvalue weighted by Crippen LogP contribution is -2.20. The van der Waals surface area contributed by atoms with E-state index >= 15 is 0 Å². The summed E-state index contributed by atoms with van der Waals surface area (Å²) in [5.41, 5.74) is 2.59. The lowest BCUT2D eigenvalue weighted by atomic mass is 10.0. The molecule has 120 valence electrons. The van der Waals surface area contributed by atoms with Gasteiger partial charge in [0.2, 0.25) is 5.78 Å². The monoisotopic (exact) mass is 315 g/mol. The van der Waals surface area contributed by atoms with Crippen molar-refractivity contribution in [2.24, 2.45) is 0 Å². The van der Waals surface area contributed by atoms with E-state index in [-0.39, 0.29) is 18.8 Å². The molecule has 0 unspecified atom stereocenters. The third kappa shape index (κ3) is 5.29. The Hall–Kier alpha value is -2.56. The quantitative estimate of drug-likeness (QED) is 0.582. The molecule has 0 aliphatic rings.